The van der Waals surface area contributed by atoms with Gasteiger partial charge in [-0.1, -0.05) is 0 Å². The van der Waals surface area contributed by atoms with E-state index >= 15 is 0 Å². The van der Waals surface area contributed by atoms with Crippen LogP contribution in [-0.2, 0) is 0 Å². The summed E-state index contributed by atoms with van der Waals surface area (Å²) in [4.78, 5) is 0.722. The van der Waals surface area contributed by atoms with Crippen molar-refractivity contribution < 1.29 is 23.2 Å². The van der Waals surface area contributed by atoms with Gasteiger partial charge >= 0.3 is 6.98 Å². The molecule has 0 heterocycles. The molecule has 0 radical (unpaired) electrons. The Labute approximate surface area is 62.5 Å². The molecule has 0 aliphatic heterocycles. The first-order valence-corrected chi connectivity index (χ1v) is 3.14. The van der Waals surface area contributed by atoms with E-state index < -0.39 is 20.2 Å². The maximum Gasteiger partial charge on any atom is 0.492 e. The van der Waals surface area contributed by atoms with E-state index in [-0.39, 0.29) is 13.2 Å². The first kappa shape index (κ1) is 10.7. The molecular weight excluding hydrogens is 162 g/mol. The van der Waals surface area contributed by atoms with Crippen molar-refractivity contribution in [1.29, 1.82) is 0 Å². The van der Waals surface area contributed by atoms with Crippen molar-refractivity contribution in [2.24, 2.45) is 0 Å². The van der Waals surface area contributed by atoms with Crippen molar-refractivity contribution in [3.63, 3.8) is 0 Å². The second-order valence-electron chi connectivity index (χ2n) is 2.15. The topological polar surface area (TPSA) is 43.7 Å². The van der Waals surface area contributed by atoms with Gasteiger partial charge in [0, 0.05) is 6.54 Å². The Hall–Kier alpha value is -0.265. The van der Waals surface area contributed by atoms with Crippen LogP contribution < -0.4 is 0 Å². The molecule has 0 aliphatic carbocycles. The molecule has 0 aromatic heterocycles. The van der Waals surface area contributed by atoms with Gasteiger partial charge in [0.2, 0.25) is 0 Å². The van der Waals surface area contributed by atoms with E-state index in [1.807, 2.05) is 0 Å². The Balaban J connectivity index is 3.68. The highest BCUT2D eigenvalue weighted by Gasteiger charge is 2.25. The largest absolute Gasteiger partial charge is 0.492 e. The second kappa shape index (κ2) is 4.58. The Morgan fingerprint density at radius 1 is 1.18 bits per heavy atom. The van der Waals surface area contributed by atoms with Gasteiger partial charge in [-0.05, 0) is 6.44 Å². The summed E-state index contributed by atoms with van der Waals surface area (Å²) < 4.78 is 34.9. The second-order valence-corrected chi connectivity index (χ2v) is 2.15. The molecule has 0 saturated carbocycles. The first-order chi connectivity index (χ1) is 4.99. The van der Waals surface area contributed by atoms with E-state index in [0.29, 0.717) is 0 Å². The molecule has 0 unspecified atom stereocenters. The molecule has 68 valence electrons. The lowest BCUT2D eigenvalue weighted by Crippen LogP contribution is -2.40. The SMILES string of the molecule is OCCN(CO)C[B-](F)(F)F. The van der Waals surface area contributed by atoms with Crippen molar-refractivity contribution in [3.05, 3.63) is 0 Å². The molecule has 0 spiro atoms. The molecule has 0 aliphatic rings. The maximum absolute atomic E-state index is 11.6. The minimum atomic E-state index is -4.91. The monoisotopic (exact) mass is 172 g/mol. The van der Waals surface area contributed by atoms with Gasteiger partial charge in [-0.15, -0.1) is 0 Å². The fourth-order valence-electron chi connectivity index (χ4n) is 0.654. The highest BCUT2D eigenvalue weighted by atomic mass is 19.4. The van der Waals surface area contributed by atoms with Crippen molar-refractivity contribution in [2.45, 2.75) is 0 Å². The van der Waals surface area contributed by atoms with Gasteiger partial charge in [0.15, 0.2) is 0 Å². The van der Waals surface area contributed by atoms with Gasteiger partial charge in [0.05, 0.1) is 13.3 Å². The Kier molecular flexibility index (Phi) is 4.47. The first-order valence-electron chi connectivity index (χ1n) is 3.14. The summed E-state index contributed by atoms with van der Waals surface area (Å²) in [7, 11) is 0. The van der Waals surface area contributed by atoms with Crippen molar-refractivity contribution in [2.75, 3.05) is 26.3 Å². The zero-order chi connectivity index (χ0) is 8.91. The van der Waals surface area contributed by atoms with E-state index in [1.54, 1.807) is 0 Å². The van der Waals surface area contributed by atoms with E-state index in [4.69, 9.17) is 10.2 Å². The molecule has 11 heavy (non-hydrogen) atoms. The normalized spacial score (nSPS) is 12.5. The van der Waals surface area contributed by atoms with Crippen molar-refractivity contribution >= 4 is 6.98 Å². The Morgan fingerprint density at radius 3 is 2.00 bits per heavy atom. The molecule has 0 amide bonds. The molecule has 0 rings (SSSR count). The number of rotatable bonds is 5. The fraction of sp³-hybridized carbons (Fsp3) is 1.00. The lowest BCUT2D eigenvalue weighted by molar-refractivity contribution is 0.0950. The molecule has 0 bridgehead atoms. The molecule has 2 N–H and O–H groups in total. The third kappa shape index (κ3) is 6.15. The summed E-state index contributed by atoms with van der Waals surface area (Å²) in [5.41, 5.74) is 0. The number of aliphatic hydroxyl groups excluding tert-OH is 2. The van der Waals surface area contributed by atoms with Gasteiger partial charge < -0.3 is 28.1 Å². The van der Waals surface area contributed by atoms with E-state index in [1.165, 1.54) is 0 Å². The number of aliphatic hydroxyl groups is 2. The summed E-state index contributed by atoms with van der Waals surface area (Å²) in [6.07, 6.45) is -1.13. The average Bonchev–Trinajstić information content (AvgIpc) is 1.84. The molecular formula is C4H10BF3NO2-. The van der Waals surface area contributed by atoms with Crippen LogP contribution in [0.4, 0.5) is 12.9 Å². The van der Waals surface area contributed by atoms with Gasteiger partial charge in [0.25, 0.3) is 0 Å². The predicted molar refractivity (Wildman–Crippen MR) is 34.8 cm³/mol. The van der Waals surface area contributed by atoms with Gasteiger partial charge in [-0.25, -0.2) is 0 Å². The summed E-state index contributed by atoms with van der Waals surface area (Å²) >= 11 is 0. The number of nitrogens with zero attached hydrogens (tertiary/aromatic N) is 1. The Bertz CT molecular complexity index is 110. The molecule has 3 nitrogen and oxygen atoms in total. The fourth-order valence-corrected chi connectivity index (χ4v) is 0.654. The van der Waals surface area contributed by atoms with Gasteiger partial charge in [0.1, 0.15) is 0 Å². The van der Waals surface area contributed by atoms with Crippen molar-refractivity contribution in [1.82, 2.24) is 4.90 Å². The summed E-state index contributed by atoms with van der Waals surface area (Å²) in [6.45, 7) is -6.12. The smallest absolute Gasteiger partial charge is 0.448 e. The minimum Gasteiger partial charge on any atom is -0.448 e. The summed E-state index contributed by atoms with van der Waals surface area (Å²) in [5.74, 6) is 0. The zero-order valence-corrected chi connectivity index (χ0v) is 5.88. The van der Waals surface area contributed by atoms with Crippen LogP contribution in [0.15, 0.2) is 0 Å². The van der Waals surface area contributed by atoms with Crippen LogP contribution in [0, 0.1) is 0 Å². The minimum absolute atomic E-state index is 0.155. The molecule has 7 heteroatoms. The highest BCUT2D eigenvalue weighted by Crippen LogP contribution is 2.09. The third-order valence-electron chi connectivity index (χ3n) is 1.08. The quantitative estimate of drug-likeness (QED) is 0.438. The highest BCUT2D eigenvalue weighted by molar-refractivity contribution is 6.58. The van der Waals surface area contributed by atoms with Gasteiger partial charge in [-0.2, -0.15) is 0 Å². The molecule has 0 saturated heterocycles. The van der Waals surface area contributed by atoms with Crippen LogP contribution in [0.25, 0.3) is 0 Å². The summed E-state index contributed by atoms with van der Waals surface area (Å²) in [6, 6.07) is 0. The maximum atomic E-state index is 11.6. The third-order valence-corrected chi connectivity index (χ3v) is 1.08. The number of hydrogen-bond donors (Lipinski definition) is 2. The molecule has 0 atom stereocenters. The van der Waals surface area contributed by atoms with Crippen LogP contribution in [0.5, 0.6) is 0 Å². The van der Waals surface area contributed by atoms with Crippen LogP contribution in [-0.4, -0.2) is 48.4 Å². The van der Waals surface area contributed by atoms with Crippen LogP contribution >= 0.6 is 0 Å². The molecule has 0 aromatic rings. The lowest BCUT2D eigenvalue weighted by atomic mass is 9.91. The van der Waals surface area contributed by atoms with E-state index in [9.17, 15) is 12.9 Å². The van der Waals surface area contributed by atoms with Crippen LogP contribution in [0.1, 0.15) is 0 Å². The molecule has 0 fully saturated rings. The Morgan fingerprint density at radius 2 is 1.73 bits per heavy atom. The van der Waals surface area contributed by atoms with E-state index in [2.05, 4.69) is 0 Å². The number of halogens is 3. The van der Waals surface area contributed by atoms with Crippen molar-refractivity contribution in [3.8, 4) is 0 Å². The predicted octanol–water partition coefficient (Wildman–Crippen LogP) is -0.383. The number of hydrogen-bond acceptors (Lipinski definition) is 3. The van der Waals surface area contributed by atoms with Gasteiger partial charge in [-0.3, -0.25) is 0 Å². The zero-order valence-electron chi connectivity index (χ0n) is 5.88. The standard InChI is InChI=1S/C4H10BF3NO2/c6-5(7,8)3-9(4-11)1-2-10/h10-11H,1-4H2/q-1. The lowest BCUT2D eigenvalue weighted by Gasteiger charge is -2.24. The van der Waals surface area contributed by atoms with Crippen LogP contribution in [0.3, 0.4) is 0 Å². The van der Waals surface area contributed by atoms with E-state index in [0.717, 1.165) is 4.90 Å². The average molecular weight is 172 g/mol. The molecule has 0 aromatic carbocycles. The van der Waals surface area contributed by atoms with Crippen LogP contribution in [0.2, 0.25) is 0 Å². The summed E-state index contributed by atoms with van der Waals surface area (Å²) in [5, 5.41) is 16.6.